The molecule has 9 heteroatoms. The minimum Gasteiger partial charge on any atom is -0.467 e. The molecule has 0 bridgehead atoms. The summed E-state index contributed by atoms with van der Waals surface area (Å²) in [4.78, 5) is 24.4. The smallest absolute Gasteiger partial charge is 0.322 e. The molecule has 0 unspecified atom stereocenters. The van der Waals surface area contributed by atoms with Crippen LogP contribution in [0.2, 0.25) is 0 Å². The molecule has 1 N–H and O–H groups in total. The topological polar surface area (TPSA) is 86.2 Å². The fourth-order valence-electron chi connectivity index (χ4n) is 1.32. The van der Waals surface area contributed by atoms with Crippen LogP contribution in [0.25, 0.3) is 0 Å². The third kappa shape index (κ3) is 3.64. The first-order chi connectivity index (χ1) is 9.62. The molecule has 0 aliphatic carbocycles. The number of amides is 1. The van der Waals surface area contributed by atoms with E-state index in [4.69, 9.17) is 9.47 Å². The maximum atomic E-state index is 11.9. The van der Waals surface area contributed by atoms with Crippen LogP contribution in [0.4, 0.5) is 0 Å². The van der Waals surface area contributed by atoms with Crippen molar-refractivity contribution in [3.05, 3.63) is 26.6 Å². The van der Waals surface area contributed by atoms with Gasteiger partial charge in [-0.25, -0.2) is 0 Å². The van der Waals surface area contributed by atoms with Crippen LogP contribution >= 0.6 is 27.3 Å². The quantitative estimate of drug-likeness (QED) is 0.874. The van der Waals surface area contributed by atoms with Gasteiger partial charge in [-0.15, -0.1) is 16.3 Å². The predicted octanol–water partition coefficient (Wildman–Crippen LogP) is 1.64. The Bertz CT molecular complexity index is 597. The number of halogens is 1. The van der Waals surface area contributed by atoms with E-state index >= 15 is 0 Å². The first kappa shape index (κ1) is 14.7. The number of rotatable bonds is 5. The molecule has 1 amide bonds. The van der Waals surface area contributed by atoms with Gasteiger partial charge in [0.25, 0.3) is 5.91 Å². The Labute approximate surface area is 127 Å². The summed E-state index contributed by atoms with van der Waals surface area (Å²) in [5, 5.41) is 4.56. The molecule has 106 valence electrons. The Kier molecular flexibility index (Phi) is 4.85. The normalized spacial score (nSPS) is 10.2. The molecule has 0 saturated carbocycles. The van der Waals surface area contributed by atoms with Gasteiger partial charge in [-0.2, -0.15) is 9.97 Å². The van der Waals surface area contributed by atoms with Crippen molar-refractivity contribution in [3.8, 4) is 12.0 Å². The van der Waals surface area contributed by atoms with Gasteiger partial charge in [0.15, 0.2) is 5.82 Å². The van der Waals surface area contributed by atoms with E-state index in [0.717, 1.165) is 4.47 Å². The largest absolute Gasteiger partial charge is 0.467 e. The zero-order valence-corrected chi connectivity index (χ0v) is 13.1. The molecule has 0 saturated heterocycles. The van der Waals surface area contributed by atoms with Crippen molar-refractivity contribution in [3.63, 3.8) is 0 Å². The van der Waals surface area contributed by atoms with Crippen molar-refractivity contribution in [2.24, 2.45) is 0 Å². The summed E-state index contributed by atoms with van der Waals surface area (Å²) in [5.74, 6) is 0.164. The molecule has 2 aromatic rings. The molecule has 0 fully saturated rings. The van der Waals surface area contributed by atoms with Gasteiger partial charge in [0.05, 0.1) is 25.6 Å². The molecule has 2 aromatic heterocycles. The molecular formula is C11H11BrN4O3S. The van der Waals surface area contributed by atoms with Crippen molar-refractivity contribution in [2.45, 2.75) is 6.54 Å². The van der Waals surface area contributed by atoms with Crippen LogP contribution in [0.5, 0.6) is 12.0 Å². The van der Waals surface area contributed by atoms with Gasteiger partial charge in [-0.05, 0) is 22.0 Å². The summed E-state index contributed by atoms with van der Waals surface area (Å²) >= 11 is 4.65. The van der Waals surface area contributed by atoms with Crippen LogP contribution in [0.3, 0.4) is 0 Å². The van der Waals surface area contributed by atoms with E-state index < -0.39 is 0 Å². The Morgan fingerprint density at radius 2 is 1.95 bits per heavy atom. The lowest BCUT2D eigenvalue weighted by atomic mass is 10.4. The van der Waals surface area contributed by atoms with Crippen molar-refractivity contribution in [1.29, 1.82) is 0 Å². The lowest BCUT2D eigenvalue weighted by molar-refractivity contribution is 0.0953. The van der Waals surface area contributed by atoms with E-state index in [1.807, 2.05) is 5.38 Å². The van der Waals surface area contributed by atoms with E-state index in [9.17, 15) is 4.79 Å². The summed E-state index contributed by atoms with van der Waals surface area (Å²) in [6.45, 7) is 0.156. The standard InChI is InChI=1S/C11H11BrN4O3S/c1-18-10-14-8(15-11(16-10)19-2)4-13-9(17)7-3-6(12)5-20-7/h3,5H,4H2,1-2H3,(H,13,17). The van der Waals surface area contributed by atoms with Crippen LogP contribution < -0.4 is 14.8 Å². The predicted molar refractivity (Wildman–Crippen MR) is 76.1 cm³/mol. The first-order valence-corrected chi connectivity index (χ1v) is 7.15. The Balaban J connectivity index is 2.05. The average molecular weight is 359 g/mol. The van der Waals surface area contributed by atoms with Gasteiger partial charge in [-0.3, -0.25) is 4.79 Å². The summed E-state index contributed by atoms with van der Waals surface area (Å²) < 4.78 is 10.7. The highest BCUT2D eigenvalue weighted by Gasteiger charge is 2.11. The van der Waals surface area contributed by atoms with Crippen LogP contribution in [-0.4, -0.2) is 35.1 Å². The number of carbonyl (C=O) groups excluding carboxylic acids is 1. The van der Waals surface area contributed by atoms with E-state index in [1.165, 1.54) is 25.6 Å². The van der Waals surface area contributed by atoms with Crippen molar-refractivity contribution in [2.75, 3.05) is 14.2 Å². The molecule has 0 aliphatic rings. The summed E-state index contributed by atoms with van der Waals surface area (Å²) in [5.41, 5.74) is 0. The van der Waals surface area contributed by atoms with Gasteiger partial charge in [0.2, 0.25) is 0 Å². The summed E-state index contributed by atoms with van der Waals surface area (Å²) in [6, 6.07) is 2.02. The number of carbonyl (C=O) groups is 1. The fourth-order valence-corrected chi connectivity index (χ4v) is 2.66. The Morgan fingerprint density at radius 1 is 1.30 bits per heavy atom. The highest BCUT2D eigenvalue weighted by atomic mass is 79.9. The van der Waals surface area contributed by atoms with Crippen LogP contribution in [0.15, 0.2) is 15.9 Å². The van der Waals surface area contributed by atoms with Gasteiger partial charge >= 0.3 is 12.0 Å². The van der Waals surface area contributed by atoms with Gasteiger partial charge in [0, 0.05) is 9.85 Å². The lowest BCUT2D eigenvalue weighted by Gasteiger charge is -2.05. The van der Waals surface area contributed by atoms with Crippen molar-refractivity contribution >= 4 is 33.2 Å². The number of methoxy groups -OCH3 is 2. The molecule has 20 heavy (non-hydrogen) atoms. The molecular weight excluding hydrogens is 348 g/mol. The average Bonchev–Trinajstić information content (AvgIpc) is 2.91. The third-order valence-corrected chi connectivity index (χ3v) is 3.89. The minimum atomic E-state index is -0.195. The Morgan fingerprint density at radius 3 is 2.45 bits per heavy atom. The second-order valence-corrected chi connectivity index (χ2v) is 5.36. The highest BCUT2D eigenvalue weighted by molar-refractivity contribution is 9.10. The number of nitrogens with one attached hydrogen (secondary N) is 1. The van der Waals surface area contributed by atoms with Crippen LogP contribution in [0, 0.1) is 0 Å². The fraction of sp³-hybridized carbons (Fsp3) is 0.273. The third-order valence-electron chi connectivity index (χ3n) is 2.20. The van der Waals surface area contributed by atoms with E-state index in [2.05, 4.69) is 36.2 Å². The Hall–Kier alpha value is -1.74. The zero-order valence-electron chi connectivity index (χ0n) is 10.7. The minimum absolute atomic E-state index is 0.139. The first-order valence-electron chi connectivity index (χ1n) is 5.47. The van der Waals surface area contributed by atoms with E-state index in [1.54, 1.807) is 6.07 Å². The maximum absolute atomic E-state index is 11.9. The molecule has 0 radical (unpaired) electrons. The lowest BCUT2D eigenvalue weighted by Crippen LogP contribution is -2.23. The molecule has 0 atom stereocenters. The van der Waals surface area contributed by atoms with Gasteiger partial charge < -0.3 is 14.8 Å². The molecule has 0 aliphatic heterocycles. The SMILES string of the molecule is COc1nc(CNC(=O)c2cc(Br)cs2)nc(OC)n1. The molecule has 2 heterocycles. The van der Waals surface area contributed by atoms with Gasteiger partial charge in [0.1, 0.15) is 0 Å². The number of hydrogen-bond donors (Lipinski definition) is 1. The number of aromatic nitrogens is 3. The maximum Gasteiger partial charge on any atom is 0.322 e. The summed E-state index contributed by atoms with van der Waals surface area (Å²) in [7, 11) is 2.89. The molecule has 7 nitrogen and oxygen atoms in total. The zero-order chi connectivity index (χ0) is 14.5. The van der Waals surface area contributed by atoms with Crippen molar-refractivity contribution < 1.29 is 14.3 Å². The molecule has 2 rings (SSSR count). The number of thiophene rings is 1. The number of nitrogens with zero attached hydrogens (tertiary/aromatic N) is 3. The van der Waals surface area contributed by atoms with Crippen molar-refractivity contribution in [1.82, 2.24) is 20.3 Å². The number of ether oxygens (including phenoxy) is 2. The molecule has 0 spiro atoms. The monoisotopic (exact) mass is 358 g/mol. The van der Waals surface area contributed by atoms with Crippen LogP contribution in [0.1, 0.15) is 15.5 Å². The van der Waals surface area contributed by atoms with Gasteiger partial charge in [-0.1, -0.05) is 0 Å². The highest BCUT2D eigenvalue weighted by Crippen LogP contribution is 2.19. The number of hydrogen-bond acceptors (Lipinski definition) is 7. The second-order valence-electron chi connectivity index (χ2n) is 3.54. The van der Waals surface area contributed by atoms with Crippen LogP contribution in [-0.2, 0) is 6.54 Å². The van der Waals surface area contributed by atoms with E-state index in [-0.39, 0.29) is 24.5 Å². The molecule has 0 aromatic carbocycles. The second kappa shape index (κ2) is 6.62. The summed E-state index contributed by atoms with van der Waals surface area (Å²) in [6.07, 6.45) is 0. The van der Waals surface area contributed by atoms with E-state index in [0.29, 0.717) is 10.7 Å².